The van der Waals surface area contributed by atoms with Crippen LogP contribution < -0.4 is 81.5 Å². The number of methoxy groups -OCH3 is 6. The molecule has 8 aromatic carbocycles. The lowest BCUT2D eigenvalue weighted by atomic mass is 9.97. The molecule has 4 aromatic heterocycles. The van der Waals surface area contributed by atoms with Gasteiger partial charge in [-0.2, -0.15) is 0 Å². The van der Waals surface area contributed by atoms with Crippen molar-refractivity contribution >= 4 is 159 Å². The van der Waals surface area contributed by atoms with Gasteiger partial charge in [0, 0.05) is 104 Å². The van der Waals surface area contributed by atoms with E-state index >= 15 is 0 Å². The SMILES string of the molecule is C.C.C.C.C.C.CCC/C(=C/c1ccnc2cc3c(cc12)OCO3)c1cc(OC)c(OC)cc1I.COc1cc(I)c(/C(=C\c2ccnc3cc4c(cc23)OCO4)C(=O)O)cc1OC.COc1cc(I)c(CC(=O)O)cc1OC.Cc1ccnc2cc3c(cc12)OCO3.Nc1ccc2c(c1)OCO2.O=Cc1ccnc2cc3c(cc12)OCO3. The summed E-state index contributed by atoms with van der Waals surface area (Å²) < 4.78 is 87.7. The Morgan fingerprint density at radius 1 is 0.415 bits per heavy atom. The molecule has 0 saturated heterocycles. The molecule has 0 aliphatic carbocycles. The highest BCUT2D eigenvalue weighted by molar-refractivity contribution is 14.1. The molecule has 29 heteroatoms. The normalized spacial score (nSPS) is 12.0. The summed E-state index contributed by atoms with van der Waals surface area (Å²) in [6.45, 7) is 5.49. The van der Waals surface area contributed by atoms with Crippen LogP contribution in [0.1, 0.15) is 108 Å². The summed E-state index contributed by atoms with van der Waals surface area (Å²) in [7, 11) is 9.44. The minimum atomic E-state index is -1.05. The van der Waals surface area contributed by atoms with E-state index in [9.17, 15) is 19.5 Å². The molecule has 0 radical (unpaired) electrons. The molecule has 0 amide bonds. The Labute approximate surface area is 727 Å². The standard InChI is InChI=1S/C23H22INO4.C21H16INO6.C11H7NO3.C11H9NO2.C10H11IO4.C7H7NO2.6CH4/c1-4-5-14(16-9-20(26-2)21(27-3)11-18(16)24)8-15-6-7-25-19-12-23-22(10-17(15)19)28-13-29-23;1-26-17-7-13(15(22)8-18(17)27-2)14(21(24)25)5-11-3-4-23-16-9-20-19(6-12(11)16)28-10-29-20;13-5-7-1-2-12-9-4-11-10(3-8(7)9)14-6-15-11;1-7-2-3-12-9-5-11-10(4-8(7)9)13-6-14-11;1-14-8-3-6(4-10(12)13)7(11)5-9(8)15-2;8-5-1-2-6-7(3-5)10-4-9-6;;;;;;/h6-12H,4-5,13H2,1-3H3;3-9H,10H2,1-2H3,(H,24,25);1-5H,6H2;2-5H,6H2,1H3;3,5H,4H2,1-2H3,(H,12,13);1-3H,4,8H2;6*1H4/b14-8-;14-5+;;;;;;;;;;. The maximum atomic E-state index is 12.1. The van der Waals surface area contributed by atoms with Crippen LogP contribution in [0.25, 0.3) is 66.9 Å². The van der Waals surface area contributed by atoms with Gasteiger partial charge in [-0.15, -0.1) is 0 Å². The van der Waals surface area contributed by atoms with E-state index in [1.165, 1.54) is 32.5 Å². The molecule has 9 heterocycles. The highest BCUT2D eigenvalue weighted by Gasteiger charge is 2.24. The Balaban J connectivity index is 0.000000226. The molecular formula is C89H96I3N5O21. The fraction of sp³-hybridized carbons (Fsp3) is 0.247. The van der Waals surface area contributed by atoms with Crippen molar-refractivity contribution in [3.8, 4) is 92.0 Å². The van der Waals surface area contributed by atoms with Gasteiger partial charge in [-0.1, -0.05) is 64.0 Å². The fourth-order valence-electron chi connectivity index (χ4n) is 12.1. The number of ether oxygens (including phenoxy) is 16. The van der Waals surface area contributed by atoms with Crippen LogP contribution >= 0.6 is 67.8 Å². The molecule has 0 fully saturated rings. The summed E-state index contributed by atoms with van der Waals surface area (Å²) in [4.78, 5) is 50.9. The second kappa shape index (κ2) is 44.0. The maximum absolute atomic E-state index is 12.1. The van der Waals surface area contributed by atoms with Gasteiger partial charge in [-0.25, -0.2) is 4.79 Å². The summed E-state index contributed by atoms with van der Waals surface area (Å²) >= 11 is 6.52. The van der Waals surface area contributed by atoms with Gasteiger partial charge in [-0.05, 0) is 218 Å². The number of rotatable bonds is 16. The Bertz CT molecular complexity index is 5630. The van der Waals surface area contributed by atoms with Crippen molar-refractivity contribution in [2.75, 3.05) is 82.4 Å². The number of halogens is 3. The highest BCUT2D eigenvalue weighted by atomic mass is 127. The first-order chi connectivity index (χ1) is 54.3. The zero-order valence-corrected chi connectivity index (χ0v) is 67.9. The van der Waals surface area contributed by atoms with Gasteiger partial charge in [0.2, 0.25) is 34.0 Å². The lowest BCUT2D eigenvalue weighted by Crippen LogP contribution is -2.03. The van der Waals surface area contributed by atoms with E-state index in [2.05, 4.69) is 114 Å². The number of carboxylic acid groups (broad SMARTS) is 2. The van der Waals surface area contributed by atoms with E-state index < -0.39 is 11.9 Å². The third-order valence-electron chi connectivity index (χ3n) is 17.6. The zero-order chi connectivity index (χ0) is 79.1. The average Bonchev–Trinajstić information content (AvgIpc) is 1.37. The number of pyridine rings is 4. The first kappa shape index (κ1) is 95.1. The van der Waals surface area contributed by atoms with Crippen molar-refractivity contribution in [1.82, 2.24) is 19.9 Å². The number of anilines is 1. The minimum absolute atomic E-state index is 0. The molecule has 12 aromatic rings. The molecule has 118 heavy (non-hydrogen) atoms. The number of carbonyl (C=O) groups is 3. The van der Waals surface area contributed by atoms with Crippen LogP contribution in [0.2, 0.25) is 0 Å². The predicted molar refractivity (Wildman–Crippen MR) is 485 cm³/mol. The first-order valence-corrected chi connectivity index (χ1v) is 37.5. The minimum Gasteiger partial charge on any atom is -0.493 e. The van der Waals surface area contributed by atoms with Crippen molar-refractivity contribution in [2.45, 2.75) is 77.7 Å². The van der Waals surface area contributed by atoms with Gasteiger partial charge in [0.05, 0.1) is 76.7 Å². The van der Waals surface area contributed by atoms with E-state index in [4.69, 9.17) is 86.6 Å². The number of carbonyl (C=O) groups excluding carboxylic acids is 1. The quantitative estimate of drug-likeness (QED) is 0.0350. The number of allylic oxidation sites excluding steroid dienone is 1. The van der Waals surface area contributed by atoms with E-state index in [1.807, 2.05) is 54.7 Å². The molecule has 624 valence electrons. The molecule has 26 nitrogen and oxygen atoms in total. The molecule has 0 unspecified atom stereocenters. The fourth-order valence-corrected chi connectivity index (χ4v) is 14.3. The van der Waals surface area contributed by atoms with Crippen molar-refractivity contribution in [1.29, 1.82) is 0 Å². The topological polar surface area (TPSA) is 317 Å². The summed E-state index contributed by atoms with van der Waals surface area (Å²) in [6.07, 6.45) is 13.5. The van der Waals surface area contributed by atoms with Crippen LogP contribution in [0.4, 0.5) is 5.69 Å². The number of aromatic nitrogens is 4. The Hall–Kier alpha value is -11.7. The summed E-state index contributed by atoms with van der Waals surface area (Å²) in [5, 5.41) is 22.4. The first-order valence-electron chi connectivity index (χ1n) is 34.2. The number of nitrogens with zero attached hydrogens (tertiary/aromatic N) is 4. The van der Waals surface area contributed by atoms with Crippen LogP contribution in [0.3, 0.4) is 0 Å². The van der Waals surface area contributed by atoms with Crippen LogP contribution in [-0.4, -0.2) is 125 Å². The van der Waals surface area contributed by atoms with E-state index in [0.29, 0.717) is 87.5 Å². The summed E-state index contributed by atoms with van der Waals surface area (Å²) in [6, 6.07) is 38.8. The van der Waals surface area contributed by atoms with Crippen LogP contribution in [0.15, 0.2) is 152 Å². The number of carboxylic acids is 2. The molecule has 0 spiro atoms. The predicted octanol–water partition coefficient (Wildman–Crippen LogP) is 20.9. The lowest BCUT2D eigenvalue weighted by Gasteiger charge is -2.15. The molecule has 4 N–H and O–H groups in total. The number of aldehydes is 1. The van der Waals surface area contributed by atoms with Gasteiger partial charge in [0.15, 0.2) is 98.3 Å². The van der Waals surface area contributed by atoms with Gasteiger partial charge in [0.25, 0.3) is 0 Å². The number of nitrogen functional groups attached to an aromatic ring is 1. The number of hydrogen-bond acceptors (Lipinski definition) is 24. The Kier molecular flexibility index (Phi) is 35.5. The number of fused-ring (bicyclic) bond motifs is 9. The monoisotopic (exact) mass is 1950 g/mol. The second-order valence-electron chi connectivity index (χ2n) is 24.5. The van der Waals surface area contributed by atoms with Gasteiger partial charge >= 0.3 is 11.9 Å². The third-order valence-corrected chi connectivity index (χ3v) is 20.4. The zero-order valence-electron chi connectivity index (χ0n) is 61.5. The number of aliphatic carboxylic acids is 2. The number of nitrogens with two attached hydrogens (primary N) is 1. The molecule has 5 aliphatic rings. The van der Waals surface area contributed by atoms with E-state index in [0.717, 1.165) is 131 Å². The molecule has 0 saturated carbocycles. The van der Waals surface area contributed by atoms with Crippen molar-refractivity contribution in [2.24, 2.45) is 0 Å². The number of hydrogen-bond donors (Lipinski definition) is 3. The highest BCUT2D eigenvalue weighted by Crippen LogP contribution is 2.44. The van der Waals surface area contributed by atoms with Gasteiger partial charge in [-0.3, -0.25) is 29.5 Å². The van der Waals surface area contributed by atoms with Gasteiger partial charge in [0.1, 0.15) is 0 Å². The third kappa shape index (κ3) is 22.1. The molecule has 17 rings (SSSR count). The maximum Gasteiger partial charge on any atom is 0.336 e. The summed E-state index contributed by atoms with van der Waals surface area (Å²) in [5.74, 6) is 8.89. The summed E-state index contributed by atoms with van der Waals surface area (Å²) in [5.41, 5.74) is 16.8. The molecule has 0 atom stereocenters. The number of aryl methyl sites for hydroxylation is 1. The number of benzene rings is 8. The Morgan fingerprint density at radius 2 is 0.754 bits per heavy atom. The van der Waals surface area contributed by atoms with E-state index in [1.54, 1.807) is 119 Å². The van der Waals surface area contributed by atoms with Crippen molar-refractivity contribution in [3.63, 3.8) is 0 Å². The van der Waals surface area contributed by atoms with E-state index in [-0.39, 0.29) is 76.9 Å². The van der Waals surface area contributed by atoms with Crippen LogP contribution in [0.5, 0.6) is 92.0 Å². The molecular weight excluding hydrogens is 1860 g/mol. The smallest absolute Gasteiger partial charge is 0.336 e. The van der Waals surface area contributed by atoms with Crippen molar-refractivity contribution < 1.29 is 100 Å². The van der Waals surface area contributed by atoms with Crippen molar-refractivity contribution in [3.05, 3.63) is 202 Å². The lowest BCUT2D eigenvalue weighted by molar-refractivity contribution is -0.136. The second-order valence-corrected chi connectivity index (χ2v) is 28.0. The van der Waals surface area contributed by atoms with Gasteiger partial charge < -0.3 is 91.7 Å². The van der Waals surface area contributed by atoms with Crippen LogP contribution in [-0.2, 0) is 16.0 Å². The largest absolute Gasteiger partial charge is 0.493 e. The molecule has 0 bridgehead atoms. The molecule has 5 aliphatic heterocycles. The average molecular weight is 1950 g/mol. The Morgan fingerprint density at radius 3 is 1.17 bits per heavy atom. The van der Waals surface area contributed by atoms with Crippen LogP contribution in [0, 0.1) is 17.6 Å².